The molecule has 16 heavy (non-hydrogen) atoms. The zero-order valence-electron chi connectivity index (χ0n) is 8.83. The number of amidine groups is 1. The Morgan fingerprint density at radius 2 is 2.38 bits per heavy atom. The summed E-state index contributed by atoms with van der Waals surface area (Å²) in [5.74, 6) is 1.64. The number of pyridine rings is 1. The van der Waals surface area contributed by atoms with Crippen LogP contribution in [-0.4, -0.2) is 33.5 Å². The largest absolute Gasteiger partial charge is 0.409 e. The van der Waals surface area contributed by atoms with E-state index in [-0.39, 0.29) is 12.4 Å². The van der Waals surface area contributed by atoms with E-state index < -0.39 is 0 Å². The van der Waals surface area contributed by atoms with E-state index in [1.165, 1.54) is 0 Å². The molecule has 88 valence electrons. The summed E-state index contributed by atoms with van der Waals surface area (Å²) >= 11 is 1.68. The van der Waals surface area contributed by atoms with Crippen LogP contribution in [0.15, 0.2) is 23.5 Å². The van der Waals surface area contributed by atoms with Gasteiger partial charge in [0, 0.05) is 18.6 Å². The van der Waals surface area contributed by atoms with Crippen LogP contribution >= 0.6 is 11.8 Å². The minimum Gasteiger partial charge on any atom is -0.409 e. The molecular formula is C10H15N3O2S. The highest BCUT2D eigenvalue weighted by molar-refractivity contribution is 7.98. The Kier molecular flexibility index (Phi) is 5.66. The molecule has 0 radical (unpaired) electrons. The van der Waals surface area contributed by atoms with Gasteiger partial charge in [0.05, 0.1) is 0 Å². The molecule has 0 bridgehead atoms. The Balaban J connectivity index is 2.64. The van der Waals surface area contributed by atoms with Crippen LogP contribution in [0.5, 0.6) is 0 Å². The zero-order valence-corrected chi connectivity index (χ0v) is 9.65. The summed E-state index contributed by atoms with van der Waals surface area (Å²) in [5, 5.41) is 20.2. The van der Waals surface area contributed by atoms with E-state index in [1.54, 1.807) is 18.0 Å². The number of rotatable bonds is 6. The maximum absolute atomic E-state index is 8.65. The Bertz CT molecular complexity index is 358. The standard InChI is InChI=1S/C10H15N3O2S/c11-10(13-15)9-8(3-1-4-12-9)7-16-6-2-5-14/h1,3-4,14-15H,2,5-7H2,(H2,11,13). The Morgan fingerprint density at radius 1 is 1.56 bits per heavy atom. The lowest BCUT2D eigenvalue weighted by atomic mass is 10.2. The molecule has 0 aliphatic heterocycles. The van der Waals surface area contributed by atoms with E-state index in [0.717, 1.165) is 23.5 Å². The Labute approximate surface area is 98.4 Å². The number of nitrogens with two attached hydrogens (primary N) is 1. The van der Waals surface area contributed by atoms with Crippen molar-refractivity contribution in [3.8, 4) is 0 Å². The maximum Gasteiger partial charge on any atom is 0.189 e. The number of hydrogen-bond acceptors (Lipinski definition) is 5. The van der Waals surface area contributed by atoms with E-state index in [0.29, 0.717) is 5.69 Å². The fourth-order valence-electron chi connectivity index (χ4n) is 1.18. The van der Waals surface area contributed by atoms with Crippen molar-refractivity contribution in [1.82, 2.24) is 4.98 Å². The van der Waals surface area contributed by atoms with Crippen molar-refractivity contribution in [2.24, 2.45) is 10.9 Å². The third kappa shape index (κ3) is 3.71. The molecule has 0 saturated heterocycles. The lowest BCUT2D eigenvalue weighted by molar-refractivity contribution is 0.296. The molecule has 0 aliphatic rings. The summed E-state index contributed by atoms with van der Waals surface area (Å²) < 4.78 is 0. The molecular weight excluding hydrogens is 226 g/mol. The van der Waals surface area contributed by atoms with Crippen LogP contribution in [0.2, 0.25) is 0 Å². The summed E-state index contributed by atoms with van der Waals surface area (Å²) in [7, 11) is 0. The number of hydrogen-bond donors (Lipinski definition) is 3. The van der Waals surface area contributed by atoms with E-state index in [2.05, 4.69) is 10.1 Å². The van der Waals surface area contributed by atoms with Crippen LogP contribution < -0.4 is 5.73 Å². The molecule has 0 amide bonds. The van der Waals surface area contributed by atoms with Gasteiger partial charge in [0.15, 0.2) is 5.84 Å². The predicted molar refractivity (Wildman–Crippen MR) is 64.6 cm³/mol. The number of oxime groups is 1. The minimum absolute atomic E-state index is 0.0263. The minimum atomic E-state index is 0.0263. The monoisotopic (exact) mass is 241 g/mol. The van der Waals surface area contributed by atoms with Gasteiger partial charge in [-0.2, -0.15) is 11.8 Å². The Morgan fingerprint density at radius 3 is 3.06 bits per heavy atom. The van der Waals surface area contributed by atoms with Gasteiger partial charge >= 0.3 is 0 Å². The molecule has 1 aromatic rings. The molecule has 0 spiro atoms. The number of aromatic nitrogens is 1. The van der Waals surface area contributed by atoms with Gasteiger partial charge in [-0.25, -0.2) is 0 Å². The summed E-state index contributed by atoms with van der Waals surface area (Å²) in [4.78, 5) is 4.07. The smallest absolute Gasteiger partial charge is 0.189 e. The second-order valence-electron chi connectivity index (χ2n) is 3.13. The molecule has 0 unspecified atom stereocenters. The van der Waals surface area contributed by atoms with Gasteiger partial charge in [0.25, 0.3) is 0 Å². The topological polar surface area (TPSA) is 91.7 Å². The van der Waals surface area contributed by atoms with Gasteiger partial charge in [-0.1, -0.05) is 11.2 Å². The summed E-state index contributed by atoms with van der Waals surface area (Å²) in [6, 6.07) is 3.71. The quantitative estimate of drug-likeness (QED) is 0.225. The summed E-state index contributed by atoms with van der Waals surface area (Å²) in [6.45, 7) is 0.202. The highest BCUT2D eigenvalue weighted by Gasteiger charge is 2.07. The molecule has 1 rings (SSSR count). The third-order valence-corrected chi connectivity index (χ3v) is 3.04. The van der Waals surface area contributed by atoms with Gasteiger partial charge < -0.3 is 16.0 Å². The van der Waals surface area contributed by atoms with Crippen molar-refractivity contribution in [3.63, 3.8) is 0 Å². The third-order valence-electron chi connectivity index (χ3n) is 1.95. The average molecular weight is 241 g/mol. The van der Waals surface area contributed by atoms with Crippen molar-refractivity contribution >= 4 is 17.6 Å². The molecule has 1 aromatic heterocycles. The van der Waals surface area contributed by atoms with E-state index in [4.69, 9.17) is 16.0 Å². The fourth-order valence-corrected chi connectivity index (χ4v) is 2.11. The zero-order chi connectivity index (χ0) is 11.8. The second-order valence-corrected chi connectivity index (χ2v) is 4.23. The maximum atomic E-state index is 8.65. The number of aliphatic hydroxyl groups is 1. The number of thioether (sulfide) groups is 1. The molecule has 0 saturated carbocycles. The van der Waals surface area contributed by atoms with E-state index >= 15 is 0 Å². The van der Waals surface area contributed by atoms with Gasteiger partial charge in [-0.05, 0) is 23.8 Å². The van der Waals surface area contributed by atoms with Gasteiger partial charge in [0.2, 0.25) is 0 Å². The van der Waals surface area contributed by atoms with Crippen molar-refractivity contribution in [1.29, 1.82) is 0 Å². The lowest BCUT2D eigenvalue weighted by Crippen LogP contribution is -2.17. The second kappa shape index (κ2) is 7.08. The van der Waals surface area contributed by atoms with Crippen molar-refractivity contribution in [2.45, 2.75) is 12.2 Å². The van der Waals surface area contributed by atoms with Gasteiger partial charge in [-0.15, -0.1) is 0 Å². The molecule has 0 aliphatic carbocycles. The lowest BCUT2D eigenvalue weighted by Gasteiger charge is -2.06. The highest BCUT2D eigenvalue weighted by atomic mass is 32.2. The molecule has 1 heterocycles. The Hall–Kier alpha value is -1.27. The molecule has 5 nitrogen and oxygen atoms in total. The van der Waals surface area contributed by atoms with Crippen molar-refractivity contribution < 1.29 is 10.3 Å². The first-order chi connectivity index (χ1) is 7.79. The van der Waals surface area contributed by atoms with Crippen LogP contribution in [0.4, 0.5) is 0 Å². The SMILES string of the molecule is NC(=NO)c1ncccc1CSCCCO. The van der Waals surface area contributed by atoms with Crippen LogP contribution in [0, 0.1) is 0 Å². The first-order valence-corrected chi connectivity index (χ1v) is 6.05. The highest BCUT2D eigenvalue weighted by Crippen LogP contribution is 2.15. The summed E-state index contributed by atoms with van der Waals surface area (Å²) in [6.07, 6.45) is 2.37. The van der Waals surface area contributed by atoms with Crippen LogP contribution in [0.1, 0.15) is 17.7 Å². The molecule has 0 fully saturated rings. The fraction of sp³-hybridized carbons (Fsp3) is 0.400. The number of aliphatic hydroxyl groups excluding tert-OH is 1. The average Bonchev–Trinajstić information content (AvgIpc) is 2.34. The first kappa shape index (κ1) is 12.8. The van der Waals surface area contributed by atoms with E-state index in [9.17, 15) is 0 Å². The van der Waals surface area contributed by atoms with Crippen molar-refractivity contribution in [3.05, 3.63) is 29.6 Å². The summed E-state index contributed by atoms with van der Waals surface area (Å²) in [5.41, 5.74) is 6.96. The predicted octanol–water partition coefficient (Wildman–Crippen LogP) is 0.792. The van der Waals surface area contributed by atoms with Gasteiger partial charge in [-0.3, -0.25) is 4.98 Å². The van der Waals surface area contributed by atoms with Crippen LogP contribution in [0.3, 0.4) is 0 Å². The normalized spacial score (nSPS) is 11.7. The molecule has 0 aromatic carbocycles. The molecule has 0 atom stereocenters. The van der Waals surface area contributed by atoms with E-state index in [1.807, 2.05) is 12.1 Å². The van der Waals surface area contributed by atoms with Crippen LogP contribution in [-0.2, 0) is 5.75 Å². The molecule has 6 heteroatoms. The number of nitrogens with zero attached hydrogens (tertiary/aromatic N) is 2. The van der Waals surface area contributed by atoms with Crippen molar-refractivity contribution in [2.75, 3.05) is 12.4 Å². The van der Waals surface area contributed by atoms with Gasteiger partial charge in [0.1, 0.15) is 5.69 Å². The van der Waals surface area contributed by atoms with Crippen LogP contribution in [0.25, 0.3) is 0 Å². The first-order valence-electron chi connectivity index (χ1n) is 4.90. The molecule has 4 N–H and O–H groups in total.